The van der Waals surface area contributed by atoms with E-state index in [1.54, 1.807) is 0 Å². The summed E-state index contributed by atoms with van der Waals surface area (Å²) in [6, 6.07) is 37.9. The maximum Gasteiger partial charge on any atom is 0.0619 e. The average Bonchev–Trinajstić information content (AvgIpc) is 3.29. The van der Waals surface area contributed by atoms with Crippen LogP contribution in [0.25, 0.3) is 49.4 Å². The minimum absolute atomic E-state index is 0.0111. The fraction of sp³-hybridized carbons (Fsp3) is 0.0968. The van der Waals surface area contributed by atoms with Gasteiger partial charge in [0.05, 0.1) is 11.0 Å². The molecule has 1 aromatic heterocycles. The van der Waals surface area contributed by atoms with Gasteiger partial charge in [0.15, 0.2) is 0 Å². The molecular formula is C31H23N. The van der Waals surface area contributed by atoms with Gasteiger partial charge < -0.3 is 4.57 Å². The number of aromatic nitrogens is 1. The second kappa shape index (κ2) is 6.11. The van der Waals surface area contributed by atoms with E-state index in [-0.39, 0.29) is 5.41 Å². The Morgan fingerprint density at radius 1 is 0.562 bits per heavy atom. The highest BCUT2D eigenvalue weighted by molar-refractivity contribution is 6.18. The van der Waals surface area contributed by atoms with Gasteiger partial charge in [-0.25, -0.2) is 0 Å². The van der Waals surface area contributed by atoms with Gasteiger partial charge in [-0.3, -0.25) is 0 Å². The van der Waals surface area contributed by atoms with Crippen LogP contribution < -0.4 is 0 Å². The van der Waals surface area contributed by atoms with E-state index in [0.29, 0.717) is 0 Å². The average molecular weight is 410 g/mol. The third-order valence-electron chi connectivity index (χ3n) is 7.38. The number of nitrogens with zero attached hydrogens (tertiary/aromatic N) is 1. The topological polar surface area (TPSA) is 4.93 Å². The number of fused-ring (bicyclic) bond motifs is 8. The molecule has 0 unspecified atom stereocenters. The predicted molar refractivity (Wildman–Crippen MR) is 136 cm³/mol. The van der Waals surface area contributed by atoms with Gasteiger partial charge in [-0.2, -0.15) is 0 Å². The van der Waals surface area contributed by atoms with Gasteiger partial charge in [0.1, 0.15) is 0 Å². The molecule has 0 spiro atoms. The second-order valence-electron chi connectivity index (χ2n) is 9.44. The molecule has 0 saturated carbocycles. The van der Waals surface area contributed by atoms with Crippen LogP contribution in [0.5, 0.6) is 0 Å². The first kappa shape index (κ1) is 17.8. The van der Waals surface area contributed by atoms with Gasteiger partial charge in [0, 0.05) is 27.3 Å². The monoisotopic (exact) mass is 409 g/mol. The molecule has 0 radical (unpaired) electrons. The van der Waals surface area contributed by atoms with E-state index in [0.717, 1.165) is 0 Å². The minimum Gasteiger partial charge on any atom is -0.309 e. The Bertz CT molecular complexity index is 1700. The molecule has 0 atom stereocenters. The Balaban J connectivity index is 1.61. The Morgan fingerprint density at radius 2 is 1.28 bits per heavy atom. The van der Waals surface area contributed by atoms with Crippen LogP contribution in [0.2, 0.25) is 0 Å². The number of para-hydroxylation sites is 1. The highest BCUT2D eigenvalue weighted by atomic mass is 15.0. The summed E-state index contributed by atoms with van der Waals surface area (Å²) in [4.78, 5) is 0. The molecule has 152 valence electrons. The molecule has 0 aliphatic heterocycles. The molecule has 1 heteroatoms. The first-order chi connectivity index (χ1) is 15.6. The summed E-state index contributed by atoms with van der Waals surface area (Å²) in [5.41, 5.74) is 9.31. The number of benzene rings is 5. The van der Waals surface area contributed by atoms with Crippen LogP contribution in [0.4, 0.5) is 0 Å². The molecular weight excluding hydrogens is 386 g/mol. The molecule has 0 amide bonds. The molecule has 0 N–H and O–H groups in total. The highest BCUT2D eigenvalue weighted by Gasteiger charge is 2.35. The van der Waals surface area contributed by atoms with E-state index in [9.17, 15) is 0 Å². The van der Waals surface area contributed by atoms with Gasteiger partial charge in [-0.15, -0.1) is 0 Å². The van der Waals surface area contributed by atoms with Gasteiger partial charge in [-0.1, -0.05) is 98.8 Å². The molecule has 32 heavy (non-hydrogen) atoms. The van der Waals surface area contributed by atoms with E-state index in [4.69, 9.17) is 0 Å². The predicted octanol–water partition coefficient (Wildman–Crippen LogP) is 8.24. The third kappa shape index (κ3) is 2.18. The smallest absolute Gasteiger partial charge is 0.0619 e. The van der Waals surface area contributed by atoms with Crippen molar-refractivity contribution in [2.45, 2.75) is 19.3 Å². The fourth-order valence-electron chi connectivity index (χ4n) is 5.83. The largest absolute Gasteiger partial charge is 0.309 e. The zero-order valence-electron chi connectivity index (χ0n) is 18.3. The molecule has 1 heterocycles. The minimum atomic E-state index is -0.0111. The van der Waals surface area contributed by atoms with Crippen molar-refractivity contribution in [3.63, 3.8) is 0 Å². The Morgan fingerprint density at radius 3 is 2.19 bits per heavy atom. The summed E-state index contributed by atoms with van der Waals surface area (Å²) in [6.45, 7) is 4.70. The van der Waals surface area contributed by atoms with Crippen molar-refractivity contribution in [2.24, 2.45) is 0 Å². The standard InChI is InChI=1S/C31H23N/c1-31(2)27-13-7-5-11-23(27)24-18-16-21(19-28(24)31)32-29-14-8-6-12-25(29)26-17-15-20-9-3-4-10-22(20)30(26)32/h3-19H,1-2H3. The maximum absolute atomic E-state index is 2.46. The Hall–Kier alpha value is -3.84. The van der Waals surface area contributed by atoms with Crippen molar-refractivity contribution in [3.05, 3.63) is 114 Å². The summed E-state index contributed by atoms with van der Waals surface area (Å²) in [5, 5.41) is 5.18. The normalized spacial score (nSPS) is 14.2. The third-order valence-corrected chi connectivity index (χ3v) is 7.38. The zero-order chi connectivity index (χ0) is 21.4. The second-order valence-corrected chi connectivity index (χ2v) is 9.44. The van der Waals surface area contributed by atoms with Crippen molar-refractivity contribution < 1.29 is 0 Å². The van der Waals surface area contributed by atoms with Crippen molar-refractivity contribution >= 4 is 32.6 Å². The Labute approximate surface area is 187 Å². The van der Waals surface area contributed by atoms with E-state index >= 15 is 0 Å². The molecule has 1 aliphatic carbocycles. The van der Waals surface area contributed by atoms with Crippen LogP contribution in [0, 0.1) is 0 Å². The molecule has 5 aromatic carbocycles. The number of hydrogen-bond donors (Lipinski definition) is 0. The van der Waals surface area contributed by atoms with Gasteiger partial charge in [0.25, 0.3) is 0 Å². The zero-order valence-corrected chi connectivity index (χ0v) is 18.3. The van der Waals surface area contributed by atoms with Gasteiger partial charge >= 0.3 is 0 Å². The fourth-order valence-corrected chi connectivity index (χ4v) is 5.83. The maximum atomic E-state index is 2.46. The van der Waals surface area contributed by atoms with E-state index in [1.807, 2.05) is 0 Å². The summed E-state index contributed by atoms with van der Waals surface area (Å²) in [6.07, 6.45) is 0. The van der Waals surface area contributed by atoms with Gasteiger partial charge in [0.2, 0.25) is 0 Å². The lowest BCUT2D eigenvalue weighted by Crippen LogP contribution is -2.15. The summed E-state index contributed by atoms with van der Waals surface area (Å²) in [5.74, 6) is 0. The lowest BCUT2D eigenvalue weighted by molar-refractivity contribution is 0.660. The van der Waals surface area contributed by atoms with Crippen molar-refractivity contribution in [2.75, 3.05) is 0 Å². The lowest BCUT2D eigenvalue weighted by Gasteiger charge is -2.22. The summed E-state index contributed by atoms with van der Waals surface area (Å²) < 4.78 is 2.46. The molecule has 6 aromatic rings. The quantitative estimate of drug-likeness (QED) is 0.258. The van der Waals surface area contributed by atoms with Crippen molar-refractivity contribution in [3.8, 4) is 16.8 Å². The molecule has 0 bridgehead atoms. The molecule has 0 saturated heterocycles. The van der Waals surface area contributed by atoms with Crippen LogP contribution in [0.3, 0.4) is 0 Å². The summed E-state index contributed by atoms with van der Waals surface area (Å²) in [7, 11) is 0. The van der Waals surface area contributed by atoms with Crippen LogP contribution >= 0.6 is 0 Å². The number of rotatable bonds is 1. The first-order valence-corrected chi connectivity index (χ1v) is 11.3. The van der Waals surface area contributed by atoms with Crippen LogP contribution in [0.15, 0.2) is 103 Å². The SMILES string of the molecule is CC1(C)c2ccccc2-c2ccc(-n3c4ccccc4c4ccc5ccccc5c43)cc21. The van der Waals surface area contributed by atoms with E-state index in [2.05, 4.69) is 122 Å². The van der Waals surface area contributed by atoms with Crippen molar-refractivity contribution in [1.82, 2.24) is 4.57 Å². The number of hydrogen-bond acceptors (Lipinski definition) is 0. The van der Waals surface area contributed by atoms with E-state index in [1.165, 1.54) is 60.5 Å². The summed E-state index contributed by atoms with van der Waals surface area (Å²) >= 11 is 0. The lowest BCUT2D eigenvalue weighted by atomic mass is 9.82. The van der Waals surface area contributed by atoms with E-state index < -0.39 is 0 Å². The molecule has 1 aliphatic rings. The molecule has 1 nitrogen and oxygen atoms in total. The molecule has 0 fully saturated rings. The Kier molecular flexibility index (Phi) is 3.40. The first-order valence-electron chi connectivity index (χ1n) is 11.3. The van der Waals surface area contributed by atoms with Crippen molar-refractivity contribution in [1.29, 1.82) is 0 Å². The van der Waals surface area contributed by atoms with Gasteiger partial charge in [-0.05, 0) is 45.8 Å². The van der Waals surface area contributed by atoms with Crippen LogP contribution in [-0.4, -0.2) is 4.57 Å². The molecule has 7 rings (SSSR count). The highest BCUT2D eigenvalue weighted by Crippen LogP contribution is 2.49. The van der Waals surface area contributed by atoms with Crippen LogP contribution in [0.1, 0.15) is 25.0 Å². The van der Waals surface area contributed by atoms with Crippen LogP contribution in [-0.2, 0) is 5.41 Å².